The van der Waals surface area contributed by atoms with Crippen LogP contribution in [0, 0.1) is 0 Å². The fourth-order valence-corrected chi connectivity index (χ4v) is 3.18. The number of rotatable bonds is 5. The molecule has 1 heterocycles. The maximum Gasteiger partial charge on any atom is 0.331 e. The molecule has 1 saturated carbocycles. The molecule has 1 aromatic carbocycles. The van der Waals surface area contributed by atoms with E-state index in [1.54, 1.807) is 0 Å². The number of methoxy groups -OCH3 is 1. The lowest BCUT2D eigenvalue weighted by molar-refractivity contribution is -0.152. The molecule has 0 bridgehead atoms. The Balaban J connectivity index is 1.67. The van der Waals surface area contributed by atoms with Crippen molar-refractivity contribution >= 4 is 11.9 Å². The zero-order valence-corrected chi connectivity index (χ0v) is 14.1. The molecule has 2 aromatic rings. The summed E-state index contributed by atoms with van der Waals surface area (Å²) in [6.07, 6.45) is 4.00. The predicted molar refractivity (Wildman–Crippen MR) is 89.2 cm³/mol. The number of carbonyl (C=O) groups is 2. The topological polar surface area (TPSA) is 99.0 Å². The number of nitrogens with one attached hydrogen (secondary N) is 1. The lowest BCUT2D eigenvalue weighted by Crippen LogP contribution is -2.56. The molecule has 1 fully saturated rings. The summed E-state index contributed by atoms with van der Waals surface area (Å²) in [5.41, 5.74) is -0.111. The van der Waals surface area contributed by atoms with Gasteiger partial charge in [-0.15, -0.1) is 10.2 Å². The third kappa shape index (κ3) is 3.84. The maximum absolute atomic E-state index is 12.4. The second-order valence-electron chi connectivity index (χ2n) is 6.19. The number of hydrogen-bond acceptors (Lipinski definition) is 6. The van der Waals surface area contributed by atoms with Gasteiger partial charge in [0.1, 0.15) is 12.1 Å². The van der Waals surface area contributed by atoms with Gasteiger partial charge in [0.15, 0.2) is 0 Å². The van der Waals surface area contributed by atoms with Gasteiger partial charge in [0.05, 0.1) is 7.11 Å². The molecule has 1 amide bonds. The quantitative estimate of drug-likeness (QED) is 0.822. The smallest absolute Gasteiger partial charge is 0.331 e. The number of hydrogen-bond donors (Lipinski definition) is 1. The normalized spacial score (nSPS) is 16.2. The molecule has 0 aliphatic heterocycles. The van der Waals surface area contributed by atoms with Crippen LogP contribution in [0.2, 0.25) is 0 Å². The van der Waals surface area contributed by atoms with E-state index in [9.17, 15) is 9.59 Å². The maximum atomic E-state index is 12.4. The molecule has 3 rings (SSSR count). The summed E-state index contributed by atoms with van der Waals surface area (Å²) in [7, 11) is 1.34. The molecule has 25 heavy (non-hydrogen) atoms. The fraction of sp³-hybridized carbons (Fsp3) is 0.471. The Bertz CT molecular complexity index is 738. The Labute approximate surface area is 145 Å². The molecule has 0 atom stereocenters. The number of tetrazole rings is 1. The van der Waals surface area contributed by atoms with Gasteiger partial charge in [-0.3, -0.25) is 4.79 Å². The number of carbonyl (C=O) groups excluding carboxylic acids is 2. The van der Waals surface area contributed by atoms with E-state index < -0.39 is 11.5 Å². The van der Waals surface area contributed by atoms with Crippen molar-refractivity contribution in [3.05, 3.63) is 30.3 Å². The fourth-order valence-electron chi connectivity index (χ4n) is 3.18. The molecule has 1 aliphatic carbocycles. The lowest BCUT2D eigenvalue weighted by atomic mass is 9.81. The van der Waals surface area contributed by atoms with Crippen molar-refractivity contribution in [1.82, 2.24) is 25.5 Å². The standard InChI is InChI=1S/C17H21N5O3/c1-25-16(24)17(10-6-3-7-11-17)18-14(23)12-22-20-15(19-21-22)13-8-4-2-5-9-13/h2,4-5,8-9H,3,6-7,10-12H2,1H3,(H,18,23). The number of amides is 1. The minimum atomic E-state index is -0.938. The van der Waals surface area contributed by atoms with E-state index in [0.717, 1.165) is 24.8 Å². The lowest BCUT2D eigenvalue weighted by Gasteiger charge is -2.35. The highest BCUT2D eigenvalue weighted by atomic mass is 16.5. The van der Waals surface area contributed by atoms with Crippen LogP contribution in [0.25, 0.3) is 11.4 Å². The van der Waals surface area contributed by atoms with Gasteiger partial charge in [-0.25, -0.2) is 4.79 Å². The molecule has 8 heteroatoms. The van der Waals surface area contributed by atoms with Crippen LogP contribution in [-0.4, -0.2) is 44.7 Å². The molecule has 1 aromatic heterocycles. The van der Waals surface area contributed by atoms with E-state index in [1.165, 1.54) is 11.9 Å². The van der Waals surface area contributed by atoms with Gasteiger partial charge in [-0.05, 0) is 18.1 Å². The minimum absolute atomic E-state index is 0.0986. The van der Waals surface area contributed by atoms with E-state index in [-0.39, 0.29) is 12.5 Å². The molecule has 0 radical (unpaired) electrons. The molecule has 8 nitrogen and oxygen atoms in total. The molecular formula is C17H21N5O3. The average molecular weight is 343 g/mol. The predicted octanol–water partition coefficient (Wildman–Crippen LogP) is 1.33. The first kappa shape index (κ1) is 17.1. The highest BCUT2D eigenvalue weighted by Crippen LogP contribution is 2.29. The molecule has 0 unspecified atom stereocenters. The van der Waals surface area contributed by atoms with Crippen molar-refractivity contribution in [3.8, 4) is 11.4 Å². The van der Waals surface area contributed by atoms with E-state index in [2.05, 4.69) is 20.7 Å². The molecule has 1 aliphatic rings. The molecular weight excluding hydrogens is 322 g/mol. The van der Waals surface area contributed by atoms with Crippen molar-refractivity contribution in [1.29, 1.82) is 0 Å². The van der Waals surface area contributed by atoms with Crippen molar-refractivity contribution in [3.63, 3.8) is 0 Å². The zero-order chi connectivity index (χ0) is 17.7. The van der Waals surface area contributed by atoms with Crippen LogP contribution in [0.4, 0.5) is 0 Å². The summed E-state index contributed by atoms with van der Waals surface area (Å²) in [5, 5.41) is 14.9. The summed E-state index contributed by atoms with van der Waals surface area (Å²) in [4.78, 5) is 25.8. The van der Waals surface area contributed by atoms with Crippen molar-refractivity contribution < 1.29 is 14.3 Å². The van der Waals surface area contributed by atoms with E-state index in [4.69, 9.17) is 4.74 Å². The summed E-state index contributed by atoms with van der Waals surface area (Å²) >= 11 is 0. The van der Waals surface area contributed by atoms with Gasteiger partial charge in [-0.1, -0.05) is 49.6 Å². The van der Waals surface area contributed by atoms with E-state index in [0.29, 0.717) is 18.7 Å². The Morgan fingerprint density at radius 1 is 1.20 bits per heavy atom. The number of benzene rings is 1. The first-order valence-corrected chi connectivity index (χ1v) is 8.36. The van der Waals surface area contributed by atoms with Crippen LogP contribution in [0.1, 0.15) is 32.1 Å². The second-order valence-corrected chi connectivity index (χ2v) is 6.19. The van der Waals surface area contributed by atoms with Crippen LogP contribution in [-0.2, 0) is 20.9 Å². The largest absolute Gasteiger partial charge is 0.467 e. The summed E-state index contributed by atoms with van der Waals surface area (Å²) in [6, 6.07) is 9.40. The zero-order valence-electron chi connectivity index (χ0n) is 14.1. The number of nitrogens with zero attached hydrogens (tertiary/aromatic N) is 4. The van der Waals surface area contributed by atoms with E-state index >= 15 is 0 Å². The van der Waals surface area contributed by atoms with Crippen LogP contribution in [0.3, 0.4) is 0 Å². The molecule has 0 saturated heterocycles. The third-order valence-corrected chi connectivity index (χ3v) is 4.43. The Morgan fingerprint density at radius 3 is 2.60 bits per heavy atom. The van der Waals surface area contributed by atoms with Gasteiger partial charge in [-0.2, -0.15) is 4.80 Å². The number of aromatic nitrogens is 4. The van der Waals surface area contributed by atoms with E-state index in [1.807, 2.05) is 30.3 Å². The van der Waals surface area contributed by atoms with Crippen molar-refractivity contribution in [2.24, 2.45) is 0 Å². The summed E-state index contributed by atoms with van der Waals surface area (Å²) in [5.74, 6) is -0.268. The molecule has 1 N–H and O–H groups in total. The van der Waals surface area contributed by atoms with Crippen LogP contribution in [0.15, 0.2) is 30.3 Å². The molecule has 132 valence electrons. The van der Waals surface area contributed by atoms with Gasteiger partial charge in [0, 0.05) is 5.56 Å². The van der Waals surface area contributed by atoms with Gasteiger partial charge in [0.2, 0.25) is 11.7 Å². The Hall–Kier alpha value is -2.77. The van der Waals surface area contributed by atoms with Gasteiger partial charge < -0.3 is 10.1 Å². The first-order chi connectivity index (χ1) is 12.1. The highest BCUT2D eigenvalue weighted by molar-refractivity contribution is 5.88. The van der Waals surface area contributed by atoms with Gasteiger partial charge in [0.25, 0.3) is 0 Å². The Morgan fingerprint density at radius 2 is 1.92 bits per heavy atom. The monoisotopic (exact) mass is 343 g/mol. The van der Waals surface area contributed by atoms with Crippen LogP contribution in [0.5, 0.6) is 0 Å². The first-order valence-electron chi connectivity index (χ1n) is 8.36. The number of esters is 1. The SMILES string of the molecule is COC(=O)C1(NC(=O)Cn2nnc(-c3ccccc3)n2)CCCCC1. The minimum Gasteiger partial charge on any atom is -0.467 e. The van der Waals surface area contributed by atoms with Crippen LogP contribution < -0.4 is 5.32 Å². The van der Waals surface area contributed by atoms with Gasteiger partial charge >= 0.3 is 5.97 Å². The average Bonchev–Trinajstić information content (AvgIpc) is 3.10. The van der Waals surface area contributed by atoms with Crippen molar-refractivity contribution in [2.45, 2.75) is 44.2 Å². The number of ether oxygens (including phenoxy) is 1. The summed E-state index contributed by atoms with van der Waals surface area (Å²) < 4.78 is 4.90. The highest BCUT2D eigenvalue weighted by Gasteiger charge is 2.42. The molecule has 0 spiro atoms. The Kier molecular flexibility index (Phi) is 5.06. The summed E-state index contributed by atoms with van der Waals surface area (Å²) in [6.45, 7) is -0.0986. The second kappa shape index (κ2) is 7.42. The van der Waals surface area contributed by atoms with Crippen molar-refractivity contribution in [2.75, 3.05) is 7.11 Å². The van der Waals surface area contributed by atoms with Crippen LogP contribution >= 0.6 is 0 Å². The third-order valence-electron chi connectivity index (χ3n) is 4.43.